The van der Waals surface area contributed by atoms with Crippen molar-refractivity contribution in [1.29, 1.82) is 0 Å². The molecule has 1 N–H and O–H groups in total. The van der Waals surface area contributed by atoms with Crippen LogP contribution in [0.25, 0.3) is 10.8 Å². The molecule has 1 aromatic heterocycles. The number of halogens is 1. The Hall–Kier alpha value is -2.40. The maximum atomic E-state index is 12.0. The molecule has 0 saturated heterocycles. The third kappa shape index (κ3) is 3.43. The summed E-state index contributed by atoms with van der Waals surface area (Å²) < 4.78 is 5.87. The molecule has 0 spiro atoms. The van der Waals surface area contributed by atoms with Crippen LogP contribution in [-0.4, -0.2) is 11.1 Å². The number of rotatable bonds is 3. The highest BCUT2D eigenvalue weighted by Gasteiger charge is 2.09. The van der Waals surface area contributed by atoms with E-state index in [9.17, 15) is 4.79 Å². The van der Waals surface area contributed by atoms with E-state index in [0.29, 0.717) is 10.4 Å². The number of nitrogens with zero attached hydrogens (tertiary/aromatic N) is 1. The Morgan fingerprint density at radius 2 is 1.82 bits per heavy atom. The Labute approximate surface area is 136 Å². The normalized spacial score (nSPS) is 10.4. The Morgan fingerprint density at radius 3 is 2.64 bits per heavy atom. The fraction of sp³-hybridized carbons (Fsp3) is 0.0588. The van der Waals surface area contributed by atoms with Crippen LogP contribution >= 0.6 is 15.9 Å². The number of aromatic nitrogens is 1. The highest BCUT2D eigenvalue weighted by atomic mass is 79.9. The number of anilines is 1. The summed E-state index contributed by atoms with van der Waals surface area (Å²) in [5.74, 6) is 0.475. The van der Waals surface area contributed by atoms with Crippen LogP contribution < -0.4 is 5.32 Å². The lowest BCUT2D eigenvalue weighted by Crippen LogP contribution is -2.14. The van der Waals surface area contributed by atoms with Gasteiger partial charge in [-0.05, 0) is 32.9 Å². The van der Waals surface area contributed by atoms with Crippen LogP contribution in [-0.2, 0) is 11.3 Å². The Morgan fingerprint density at radius 1 is 1.09 bits per heavy atom. The molecule has 3 rings (SSSR count). The van der Waals surface area contributed by atoms with E-state index >= 15 is 0 Å². The maximum Gasteiger partial charge on any atom is 0.413 e. The molecule has 0 aliphatic carbocycles. The minimum atomic E-state index is -0.528. The molecule has 0 bridgehead atoms. The van der Waals surface area contributed by atoms with Gasteiger partial charge in [0, 0.05) is 5.39 Å². The number of pyridine rings is 1. The molecule has 22 heavy (non-hydrogen) atoms. The number of ether oxygens (including phenoxy) is 1. The summed E-state index contributed by atoms with van der Waals surface area (Å²) in [6.45, 7) is 0.221. The summed E-state index contributed by atoms with van der Waals surface area (Å²) in [6.07, 6.45) is -0.528. The van der Waals surface area contributed by atoms with E-state index in [0.717, 1.165) is 16.3 Å². The standard InChI is InChI=1S/C17H13BrN2O2/c18-15-10-13-8-4-5-9-14(13)16(19-15)20-17(21)22-11-12-6-2-1-3-7-12/h1-10H,11H2,(H,19,20,21). The van der Waals surface area contributed by atoms with E-state index in [1.165, 1.54) is 0 Å². The molecule has 2 aromatic carbocycles. The maximum absolute atomic E-state index is 12.0. The molecule has 4 nitrogen and oxygen atoms in total. The zero-order chi connectivity index (χ0) is 15.4. The Kier molecular flexibility index (Phi) is 4.34. The van der Waals surface area contributed by atoms with Crippen molar-refractivity contribution in [3.05, 3.63) is 70.8 Å². The van der Waals surface area contributed by atoms with Crippen molar-refractivity contribution >= 4 is 38.6 Å². The molecule has 0 aliphatic rings. The van der Waals surface area contributed by atoms with Crippen LogP contribution in [0.3, 0.4) is 0 Å². The minimum absolute atomic E-state index is 0.221. The minimum Gasteiger partial charge on any atom is -0.444 e. The van der Waals surface area contributed by atoms with E-state index < -0.39 is 6.09 Å². The number of benzene rings is 2. The molecule has 0 unspecified atom stereocenters. The SMILES string of the molecule is O=C(Nc1nc(Br)cc2ccccc12)OCc1ccccc1. The number of carbonyl (C=O) groups is 1. The third-order valence-electron chi connectivity index (χ3n) is 3.14. The fourth-order valence-corrected chi connectivity index (χ4v) is 2.54. The number of hydrogen-bond acceptors (Lipinski definition) is 3. The predicted molar refractivity (Wildman–Crippen MR) is 89.7 cm³/mol. The summed E-state index contributed by atoms with van der Waals surface area (Å²) in [5, 5.41) is 4.55. The van der Waals surface area contributed by atoms with Gasteiger partial charge >= 0.3 is 6.09 Å². The molecule has 0 aliphatic heterocycles. The summed E-state index contributed by atoms with van der Waals surface area (Å²) in [5.41, 5.74) is 0.935. The molecule has 0 saturated carbocycles. The smallest absolute Gasteiger partial charge is 0.413 e. The lowest BCUT2D eigenvalue weighted by molar-refractivity contribution is 0.155. The van der Waals surface area contributed by atoms with Gasteiger partial charge in [-0.1, -0.05) is 54.6 Å². The quantitative estimate of drug-likeness (QED) is 0.689. The second-order valence-corrected chi connectivity index (χ2v) is 5.51. The number of carbonyl (C=O) groups excluding carboxylic acids is 1. The lowest BCUT2D eigenvalue weighted by atomic mass is 10.1. The van der Waals surface area contributed by atoms with Crippen LogP contribution in [0, 0.1) is 0 Å². The van der Waals surface area contributed by atoms with Gasteiger partial charge in [-0.25, -0.2) is 9.78 Å². The van der Waals surface area contributed by atoms with Gasteiger partial charge in [0.15, 0.2) is 0 Å². The number of fused-ring (bicyclic) bond motifs is 1. The number of nitrogens with one attached hydrogen (secondary N) is 1. The second kappa shape index (κ2) is 6.58. The largest absolute Gasteiger partial charge is 0.444 e. The van der Waals surface area contributed by atoms with Gasteiger partial charge < -0.3 is 4.74 Å². The first kappa shape index (κ1) is 14.5. The van der Waals surface area contributed by atoms with Crippen molar-refractivity contribution in [2.45, 2.75) is 6.61 Å². The molecule has 1 heterocycles. The summed E-state index contributed by atoms with van der Waals surface area (Å²) in [6, 6.07) is 19.1. The van der Waals surface area contributed by atoms with E-state index in [1.807, 2.05) is 60.7 Å². The van der Waals surface area contributed by atoms with E-state index in [4.69, 9.17) is 4.74 Å². The lowest BCUT2D eigenvalue weighted by Gasteiger charge is -2.09. The van der Waals surface area contributed by atoms with Crippen molar-refractivity contribution in [2.75, 3.05) is 5.32 Å². The summed E-state index contributed by atoms with van der Waals surface area (Å²) >= 11 is 3.35. The van der Waals surface area contributed by atoms with Crippen LogP contribution in [0.1, 0.15) is 5.56 Å². The number of hydrogen-bond donors (Lipinski definition) is 1. The van der Waals surface area contributed by atoms with Crippen molar-refractivity contribution < 1.29 is 9.53 Å². The highest BCUT2D eigenvalue weighted by Crippen LogP contribution is 2.24. The average Bonchev–Trinajstić information content (AvgIpc) is 2.54. The van der Waals surface area contributed by atoms with Crippen molar-refractivity contribution in [1.82, 2.24) is 4.98 Å². The zero-order valence-electron chi connectivity index (χ0n) is 11.6. The molecule has 0 radical (unpaired) electrons. The topological polar surface area (TPSA) is 51.2 Å². The molecule has 110 valence electrons. The van der Waals surface area contributed by atoms with Gasteiger partial charge in [0.05, 0.1) is 0 Å². The molecule has 1 amide bonds. The monoisotopic (exact) mass is 356 g/mol. The van der Waals surface area contributed by atoms with E-state index in [2.05, 4.69) is 26.2 Å². The van der Waals surface area contributed by atoms with Crippen LogP contribution in [0.5, 0.6) is 0 Å². The Balaban J connectivity index is 1.74. The number of amides is 1. The molecule has 5 heteroatoms. The van der Waals surface area contributed by atoms with Gasteiger partial charge in [-0.3, -0.25) is 5.32 Å². The zero-order valence-corrected chi connectivity index (χ0v) is 13.2. The fourth-order valence-electron chi connectivity index (χ4n) is 2.12. The first-order chi connectivity index (χ1) is 10.7. The van der Waals surface area contributed by atoms with Gasteiger partial charge in [-0.2, -0.15) is 0 Å². The van der Waals surface area contributed by atoms with Crippen LogP contribution in [0.2, 0.25) is 0 Å². The van der Waals surface area contributed by atoms with Crippen molar-refractivity contribution in [3.8, 4) is 0 Å². The van der Waals surface area contributed by atoms with Crippen molar-refractivity contribution in [2.24, 2.45) is 0 Å². The molecule has 3 aromatic rings. The summed E-state index contributed by atoms with van der Waals surface area (Å²) in [7, 11) is 0. The predicted octanol–water partition coefficient (Wildman–Crippen LogP) is 4.75. The average molecular weight is 357 g/mol. The Bertz CT molecular complexity index is 806. The first-order valence-corrected chi connectivity index (χ1v) is 7.55. The summed E-state index contributed by atoms with van der Waals surface area (Å²) in [4.78, 5) is 16.3. The van der Waals surface area contributed by atoms with Crippen LogP contribution in [0.4, 0.5) is 10.6 Å². The molecule has 0 fully saturated rings. The van der Waals surface area contributed by atoms with Gasteiger partial charge in [0.1, 0.15) is 17.0 Å². The van der Waals surface area contributed by atoms with E-state index in [1.54, 1.807) is 0 Å². The molecular weight excluding hydrogens is 344 g/mol. The van der Waals surface area contributed by atoms with Crippen molar-refractivity contribution in [3.63, 3.8) is 0 Å². The van der Waals surface area contributed by atoms with Crippen LogP contribution in [0.15, 0.2) is 65.3 Å². The third-order valence-corrected chi connectivity index (χ3v) is 3.55. The van der Waals surface area contributed by atoms with E-state index in [-0.39, 0.29) is 6.61 Å². The molecular formula is C17H13BrN2O2. The first-order valence-electron chi connectivity index (χ1n) is 6.75. The van der Waals surface area contributed by atoms with Gasteiger partial charge in [-0.15, -0.1) is 0 Å². The second-order valence-electron chi connectivity index (χ2n) is 4.70. The molecule has 0 atom stereocenters. The van der Waals surface area contributed by atoms with Gasteiger partial charge in [0.25, 0.3) is 0 Å². The van der Waals surface area contributed by atoms with Gasteiger partial charge in [0.2, 0.25) is 0 Å². The highest BCUT2D eigenvalue weighted by molar-refractivity contribution is 9.10.